The molecule has 0 aliphatic carbocycles. The van der Waals surface area contributed by atoms with Crippen LogP contribution in [0.3, 0.4) is 0 Å². The van der Waals surface area contributed by atoms with E-state index in [1.807, 2.05) is 67.5 Å². The lowest BCUT2D eigenvalue weighted by atomic mass is 9.98. The van der Waals surface area contributed by atoms with Gasteiger partial charge < -0.3 is 15.3 Å². The van der Waals surface area contributed by atoms with Gasteiger partial charge in [0, 0.05) is 26.2 Å². The van der Waals surface area contributed by atoms with Crippen LogP contribution in [0.2, 0.25) is 0 Å². The van der Waals surface area contributed by atoms with Crippen LogP contribution in [0.1, 0.15) is 23.6 Å². The lowest BCUT2D eigenvalue weighted by Crippen LogP contribution is -2.25. The molecule has 1 unspecified atom stereocenters. The largest absolute Gasteiger partial charge is 0.499 e. The van der Waals surface area contributed by atoms with Crippen LogP contribution < -0.4 is 20.6 Å². The molecule has 3 N–H and O–H groups in total. The summed E-state index contributed by atoms with van der Waals surface area (Å²) < 4.78 is 0. The number of para-hydroxylation sites is 2. The van der Waals surface area contributed by atoms with Gasteiger partial charge in [-0.05, 0) is 41.2 Å². The summed E-state index contributed by atoms with van der Waals surface area (Å²) in [6.07, 6.45) is 0.373. The molecule has 0 bridgehead atoms. The van der Waals surface area contributed by atoms with Gasteiger partial charge in [-0.2, -0.15) is 0 Å². The average Bonchev–Trinajstić information content (AvgIpc) is 2.87. The SMILES string of the molecule is CN(C)c1ccc(C2CC(c3c(O)sc(=O)[nH]c3=O)=Nc3ccccc3N2)cc1. The van der Waals surface area contributed by atoms with Crippen molar-refractivity contribution in [3.8, 4) is 5.06 Å². The van der Waals surface area contributed by atoms with Crippen molar-refractivity contribution in [3.05, 3.63) is 79.7 Å². The number of rotatable bonds is 3. The van der Waals surface area contributed by atoms with Crippen LogP contribution in [0.4, 0.5) is 17.1 Å². The monoisotopic (exact) mass is 408 g/mol. The number of hydrogen-bond donors (Lipinski definition) is 3. The van der Waals surface area contributed by atoms with Gasteiger partial charge >= 0.3 is 4.87 Å². The van der Waals surface area contributed by atoms with E-state index in [-0.39, 0.29) is 16.7 Å². The molecule has 2 heterocycles. The number of benzene rings is 2. The second-order valence-electron chi connectivity index (χ2n) is 6.99. The Morgan fingerprint density at radius 1 is 1.10 bits per heavy atom. The molecule has 1 aliphatic rings. The Morgan fingerprint density at radius 2 is 1.83 bits per heavy atom. The maximum Gasteiger partial charge on any atom is 0.310 e. The van der Waals surface area contributed by atoms with E-state index in [0.717, 1.165) is 16.9 Å². The molecule has 7 nitrogen and oxygen atoms in total. The van der Waals surface area contributed by atoms with Crippen LogP contribution in [-0.2, 0) is 0 Å². The number of aromatic nitrogens is 1. The molecule has 0 spiro atoms. The van der Waals surface area contributed by atoms with E-state index >= 15 is 0 Å². The number of nitrogens with one attached hydrogen (secondary N) is 2. The summed E-state index contributed by atoms with van der Waals surface area (Å²) in [6.45, 7) is 0. The van der Waals surface area contributed by atoms with Gasteiger partial charge in [-0.1, -0.05) is 24.3 Å². The number of nitrogens with zero attached hydrogens (tertiary/aromatic N) is 2. The Balaban J connectivity index is 1.83. The summed E-state index contributed by atoms with van der Waals surface area (Å²) >= 11 is 0.595. The van der Waals surface area contributed by atoms with Crippen LogP contribution in [0.15, 0.2) is 63.1 Å². The third kappa shape index (κ3) is 3.79. The van der Waals surface area contributed by atoms with Crippen molar-refractivity contribution in [1.29, 1.82) is 0 Å². The minimum absolute atomic E-state index is 0.0445. The van der Waals surface area contributed by atoms with Crippen molar-refractivity contribution in [2.75, 3.05) is 24.3 Å². The number of aromatic amines is 1. The first-order valence-electron chi connectivity index (χ1n) is 9.09. The maximum absolute atomic E-state index is 12.4. The Morgan fingerprint density at radius 3 is 2.52 bits per heavy atom. The highest BCUT2D eigenvalue weighted by molar-refractivity contribution is 7.11. The first-order chi connectivity index (χ1) is 13.9. The van der Waals surface area contributed by atoms with Gasteiger partial charge in [0.05, 0.1) is 23.1 Å². The summed E-state index contributed by atoms with van der Waals surface area (Å²) in [5.74, 6) is 0. The molecule has 148 valence electrons. The fraction of sp³-hybridized carbons (Fsp3) is 0.190. The van der Waals surface area contributed by atoms with Crippen LogP contribution in [-0.4, -0.2) is 29.9 Å². The molecule has 0 fully saturated rings. The van der Waals surface area contributed by atoms with Crippen molar-refractivity contribution < 1.29 is 5.11 Å². The molecule has 0 amide bonds. The molecule has 4 rings (SSSR count). The first-order valence-corrected chi connectivity index (χ1v) is 9.91. The second kappa shape index (κ2) is 7.56. The number of hydrogen-bond acceptors (Lipinski definition) is 7. The Labute approximate surface area is 171 Å². The average molecular weight is 408 g/mol. The summed E-state index contributed by atoms with van der Waals surface area (Å²) in [6, 6.07) is 15.5. The third-order valence-electron chi connectivity index (χ3n) is 4.83. The Bertz CT molecular complexity index is 1200. The predicted octanol–water partition coefficient (Wildman–Crippen LogP) is 3.25. The molecule has 1 aliphatic heterocycles. The highest BCUT2D eigenvalue weighted by Crippen LogP contribution is 2.36. The summed E-state index contributed by atoms with van der Waals surface area (Å²) in [4.78, 5) is 32.3. The van der Waals surface area contributed by atoms with Crippen LogP contribution in [0.25, 0.3) is 0 Å². The Kier molecular flexibility index (Phi) is 4.94. The zero-order chi connectivity index (χ0) is 20.5. The highest BCUT2D eigenvalue weighted by Gasteiger charge is 2.25. The third-order valence-corrected chi connectivity index (χ3v) is 5.52. The smallest absolute Gasteiger partial charge is 0.310 e. The normalized spacial score (nSPS) is 15.7. The number of aliphatic imine (C=N–C) groups is 1. The van der Waals surface area contributed by atoms with Crippen molar-refractivity contribution in [1.82, 2.24) is 4.98 Å². The molecule has 0 saturated carbocycles. The minimum Gasteiger partial charge on any atom is -0.499 e. The van der Waals surface area contributed by atoms with E-state index in [1.54, 1.807) is 0 Å². The van der Waals surface area contributed by atoms with E-state index in [2.05, 4.69) is 15.3 Å². The molecular formula is C21H20N4O3S. The molecule has 3 aromatic rings. The highest BCUT2D eigenvalue weighted by atomic mass is 32.1. The minimum atomic E-state index is -0.633. The van der Waals surface area contributed by atoms with E-state index < -0.39 is 10.4 Å². The molecular weight excluding hydrogens is 388 g/mol. The fourth-order valence-corrected chi connectivity index (χ4v) is 3.98. The molecule has 1 atom stereocenters. The summed E-state index contributed by atoms with van der Waals surface area (Å²) in [7, 11) is 3.96. The van der Waals surface area contributed by atoms with Crippen molar-refractivity contribution >= 4 is 34.1 Å². The number of aromatic hydroxyl groups is 1. The maximum atomic E-state index is 12.4. The standard InChI is InChI=1S/C21H20N4O3S/c1-25(2)13-9-7-12(8-10-13)16-11-17(18-19(26)24-21(28)29-20(18)27)23-15-6-4-3-5-14(15)22-16/h3-10,16,22,27H,11H2,1-2H3,(H,24,26,28). The topological polar surface area (TPSA) is 97.8 Å². The van der Waals surface area contributed by atoms with Crippen LogP contribution in [0.5, 0.6) is 5.06 Å². The quantitative estimate of drug-likeness (QED) is 0.618. The van der Waals surface area contributed by atoms with Gasteiger partial charge in [-0.3, -0.25) is 19.6 Å². The van der Waals surface area contributed by atoms with Crippen molar-refractivity contribution in [2.45, 2.75) is 12.5 Å². The van der Waals surface area contributed by atoms with Crippen molar-refractivity contribution in [2.24, 2.45) is 4.99 Å². The first kappa shape index (κ1) is 18.9. The molecule has 1 aromatic heterocycles. The molecule has 29 heavy (non-hydrogen) atoms. The zero-order valence-electron chi connectivity index (χ0n) is 16.0. The molecule has 0 saturated heterocycles. The van der Waals surface area contributed by atoms with Gasteiger partial charge in [0.1, 0.15) is 5.56 Å². The lowest BCUT2D eigenvalue weighted by Gasteiger charge is -2.20. The second-order valence-corrected chi connectivity index (χ2v) is 7.95. The number of fused-ring (bicyclic) bond motifs is 1. The van der Waals surface area contributed by atoms with Crippen LogP contribution in [0, 0.1) is 0 Å². The van der Waals surface area contributed by atoms with Gasteiger partial charge in [-0.15, -0.1) is 0 Å². The fourth-order valence-electron chi connectivity index (χ4n) is 3.35. The van der Waals surface area contributed by atoms with E-state index in [1.165, 1.54) is 0 Å². The summed E-state index contributed by atoms with van der Waals surface area (Å²) in [5, 5.41) is 13.5. The van der Waals surface area contributed by atoms with E-state index in [4.69, 9.17) is 0 Å². The predicted molar refractivity (Wildman–Crippen MR) is 117 cm³/mol. The van der Waals surface area contributed by atoms with Gasteiger partial charge in [-0.25, -0.2) is 0 Å². The van der Waals surface area contributed by atoms with Crippen molar-refractivity contribution in [3.63, 3.8) is 0 Å². The Hall–Kier alpha value is -3.39. The number of H-pyrrole nitrogens is 1. The zero-order valence-corrected chi connectivity index (χ0v) is 16.8. The van der Waals surface area contributed by atoms with E-state index in [0.29, 0.717) is 29.2 Å². The van der Waals surface area contributed by atoms with E-state index in [9.17, 15) is 14.7 Å². The lowest BCUT2D eigenvalue weighted by molar-refractivity contribution is 0.487. The molecule has 8 heteroatoms. The number of anilines is 2. The molecule has 0 radical (unpaired) electrons. The summed E-state index contributed by atoms with van der Waals surface area (Å²) in [5.41, 5.74) is 3.46. The van der Waals surface area contributed by atoms with Gasteiger partial charge in [0.15, 0.2) is 5.06 Å². The van der Waals surface area contributed by atoms with Gasteiger partial charge in [0.25, 0.3) is 5.56 Å². The van der Waals surface area contributed by atoms with Crippen LogP contribution >= 0.6 is 11.3 Å². The van der Waals surface area contributed by atoms with Gasteiger partial charge in [0.2, 0.25) is 0 Å². The molecule has 2 aromatic carbocycles.